The third-order valence-electron chi connectivity index (χ3n) is 2.65. The number of para-hydroxylation sites is 1. The van der Waals surface area contributed by atoms with Crippen LogP contribution in [0.3, 0.4) is 0 Å². The summed E-state index contributed by atoms with van der Waals surface area (Å²) in [4.78, 5) is 23.2. The minimum absolute atomic E-state index is 0.0431. The van der Waals surface area contributed by atoms with Gasteiger partial charge in [-0.3, -0.25) is 9.59 Å². The number of aromatic hydroxyl groups is 1. The Labute approximate surface area is 103 Å². The number of aromatic nitrogens is 1. The molecular formula is C13H12N2O3. The van der Waals surface area contributed by atoms with Crippen LogP contribution in [0.15, 0.2) is 41.2 Å². The van der Waals surface area contributed by atoms with Gasteiger partial charge >= 0.3 is 0 Å². The number of hydrogen-bond acceptors (Lipinski definition) is 3. The van der Waals surface area contributed by atoms with Crippen LogP contribution in [0.4, 0.5) is 0 Å². The number of carbonyl (C=O) groups is 1. The van der Waals surface area contributed by atoms with E-state index in [1.807, 2.05) is 0 Å². The fraction of sp³-hybridized carbons (Fsp3) is 0.0769. The number of hydrogen-bond donors (Lipinski definition) is 2. The Bertz CT molecular complexity index is 660. The topological polar surface area (TPSA) is 85.3 Å². The highest BCUT2D eigenvalue weighted by molar-refractivity contribution is 5.96. The zero-order chi connectivity index (χ0) is 13.3. The van der Waals surface area contributed by atoms with Crippen LogP contribution < -0.4 is 11.3 Å². The van der Waals surface area contributed by atoms with Crippen LogP contribution in [-0.4, -0.2) is 15.6 Å². The minimum Gasteiger partial charge on any atom is -0.494 e. The monoisotopic (exact) mass is 244 g/mol. The van der Waals surface area contributed by atoms with E-state index in [1.165, 1.54) is 6.07 Å². The van der Waals surface area contributed by atoms with Gasteiger partial charge in [0.25, 0.3) is 11.5 Å². The maximum Gasteiger partial charge on any atom is 0.258 e. The van der Waals surface area contributed by atoms with Crippen molar-refractivity contribution in [1.29, 1.82) is 0 Å². The van der Waals surface area contributed by atoms with Gasteiger partial charge in [-0.15, -0.1) is 0 Å². The van der Waals surface area contributed by atoms with Crippen molar-refractivity contribution in [3.05, 3.63) is 57.9 Å². The summed E-state index contributed by atoms with van der Waals surface area (Å²) < 4.78 is 1.05. The first-order valence-corrected chi connectivity index (χ1v) is 5.33. The predicted molar refractivity (Wildman–Crippen MR) is 67.0 cm³/mol. The summed E-state index contributed by atoms with van der Waals surface area (Å²) in [5, 5.41) is 10.0. The number of rotatable bonds is 2. The lowest BCUT2D eigenvalue weighted by Gasteiger charge is -2.12. The molecule has 0 unspecified atom stereocenters. The lowest BCUT2D eigenvalue weighted by molar-refractivity contribution is 0.0996. The molecule has 1 amide bonds. The predicted octanol–water partition coefficient (Wildman–Crippen LogP) is 0.950. The fourth-order valence-corrected chi connectivity index (χ4v) is 1.85. The number of nitrogens with two attached hydrogens (primary N) is 1. The summed E-state index contributed by atoms with van der Waals surface area (Å²) >= 11 is 0. The van der Waals surface area contributed by atoms with Crippen LogP contribution in [0.5, 0.6) is 5.88 Å². The Hall–Kier alpha value is -2.56. The van der Waals surface area contributed by atoms with Gasteiger partial charge in [-0.2, -0.15) is 0 Å². The number of amides is 1. The van der Waals surface area contributed by atoms with E-state index in [9.17, 15) is 14.7 Å². The molecule has 5 heteroatoms. The van der Waals surface area contributed by atoms with Crippen molar-refractivity contribution in [3.8, 4) is 11.6 Å². The molecule has 0 aliphatic heterocycles. The van der Waals surface area contributed by atoms with E-state index in [0.717, 1.165) is 4.57 Å². The maximum absolute atomic E-state index is 11.9. The molecule has 92 valence electrons. The second-order valence-electron chi connectivity index (χ2n) is 3.90. The van der Waals surface area contributed by atoms with Gasteiger partial charge in [0.05, 0.1) is 5.69 Å². The third kappa shape index (κ3) is 1.86. The van der Waals surface area contributed by atoms with E-state index >= 15 is 0 Å². The van der Waals surface area contributed by atoms with Crippen LogP contribution in [0.1, 0.15) is 15.9 Å². The van der Waals surface area contributed by atoms with Gasteiger partial charge in [-0.1, -0.05) is 18.2 Å². The SMILES string of the molecule is Cc1cc(=O)n(-c2ccccc2)c(O)c1C(N)=O. The Morgan fingerprint density at radius 1 is 1.28 bits per heavy atom. The van der Waals surface area contributed by atoms with Crippen molar-refractivity contribution in [2.45, 2.75) is 6.92 Å². The Balaban J connectivity index is 2.81. The van der Waals surface area contributed by atoms with Crippen LogP contribution in [0.25, 0.3) is 5.69 Å². The zero-order valence-electron chi connectivity index (χ0n) is 9.75. The summed E-state index contributed by atoms with van der Waals surface area (Å²) in [6.07, 6.45) is 0. The highest BCUT2D eigenvalue weighted by Crippen LogP contribution is 2.21. The van der Waals surface area contributed by atoms with E-state index in [1.54, 1.807) is 37.3 Å². The molecule has 0 aliphatic rings. The number of benzene rings is 1. The summed E-state index contributed by atoms with van der Waals surface area (Å²) in [6.45, 7) is 1.55. The van der Waals surface area contributed by atoms with Gasteiger partial charge in [-0.25, -0.2) is 4.57 Å². The number of primary amides is 1. The van der Waals surface area contributed by atoms with Crippen molar-refractivity contribution in [3.63, 3.8) is 0 Å². The molecule has 18 heavy (non-hydrogen) atoms. The third-order valence-corrected chi connectivity index (χ3v) is 2.65. The van der Waals surface area contributed by atoms with Gasteiger partial charge in [0.15, 0.2) is 0 Å². The smallest absolute Gasteiger partial charge is 0.258 e. The molecule has 0 saturated carbocycles. The van der Waals surface area contributed by atoms with Gasteiger partial charge < -0.3 is 10.8 Å². The van der Waals surface area contributed by atoms with Gasteiger partial charge in [0.1, 0.15) is 5.56 Å². The molecule has 1 heterocycles. The van der Waals surface area contributed by atoms with Gasteiger partial charge in [0.2, 0.25) is 5.88 Å². The summed E-state index contributed by atoms with van der Waals surface area (Å²) in [6, 6.07) is 9.82. The van der Waals surface area contributed by atoms with Crippen LogP contribution in [0.2, 0.25) is 0 Å². The Morgan fingerprint density at radius 2 is 1.89 bits per heavy atom. The van der Waals surface area contributed by atoms with Crippen molar-refractivity contribution < 1.29 is 9.90 Å². The van der Waals surface area contributed by atoms with Crippen molar-refractivity contribution in [2.24, 2.45) is 5.73 Å². The number of nitrogens with zero attached hydrogens (tertiary/aromatic N) is 1. The van der Waals surface area contributed by atoms with Crippen molar-refractivity contribution in [1.82, 2.24) is 4.57 Å². The largest absolute Gasteiger partial charge is 0.494 e. The quantitative estimate of drug-likeness (QED) is 0.824. The van der Waals surface area contributed by atoms with E-state index in [0.29, 0.717) is 11.3 Å². The van der Waals surface area contributed by atoms with E-state index in [2.05, 4.69) is 0 Å². The lowest BCUT2D eigenvalue weighted by Crippen LogP contribution is -2.23. The van der Waals surface area contributed by atoms with E-state index < -0.39 is 17.3 Å². The molecule has 0 spiro atoms. The second kappa shape index (κ2) is 4.37. The molecule has 0 bridgehead atoms. The van der Waals surface area contributed by atoms with Crippen LogP contribution in [0, 0.1) is 6.92 Å². The van der Waals surface area contributed by atoms with E-state index in [4.69, 9.17) is 5.73 Å². The van der Waals surface area contributed by atoms with Crippen LogP contribution >= 0.6 is 0 Å². The summed E-state index contributed by atoms with van der Waals surface area (Å²) in [5.74, 6) is -1.20. The highest BCUT2D eigenvalue weighted by Gasteiger charge is 2.17. The number of pyridine rings is 1. The second-order valence-corrected chi connectivity index (χ2v) is 3.90. The normalized spacial score (nSPS) is 10.3. The Kier molecular flexibility index (Phi) is 2.89. The first-order chi connectivity index (χ1) is 8.52. The summed E-state index contributed by atoms with van der Waals surface area (Å²) in [7, 11) is 0. The average molecular weight is 244 g/mol. The van der Waals surface area contributed by atoms with Crippen molar-refractivity contribution >= 4 is 5.91 Å². The first-order valence-electron chi connectivity index (χ1n) is 5.33. The molecule has 0 radical (unpaired) electrons. The molecule has 3 N–H and O–H groups in total. The average Bonchev–Trinajstić information content (AvgIpc) is 2.28. The summed E-state index contributed by atoms with van der Waals surface area (Å²) in [5.41, 5.74) is 5.57. The van der Waals surface area contributed by atoms with Crippen LogP contribution in [-0.2, 0) is 0 Å². The standard InChI is InChI=1S/C13H12N2O3/c1-8-7-10(16)15(9-5-3-2-4-6-9)13(18)11(8)12(14)17/h2-7,18H,1H3,(H2,14,17). The number of carbonyl (C=O) groups excluding carboxylic acids is 1. The van der Waals surface area contributed by atoms with E-state index in [-0.39, 0.29) is 5.56 Å². The molecule has 0 atom stereocenters. The number of aryl methyl sites for hydroxylation is 1. The molecule has 1 aromatic heterocycles. The molecule has 2 aromatic rings. The lowest BCUT2D eigenvalue weighted by atomic mass is 10.1. The molecule has 5 nitrogen and oxygen atoms in total. The Morgan fingerprint density at radius 3 is 2.44 bits per heavy atom. The molecule has 1 aromatic carbocycles. The zero-order valence-corrected chi connectivity index (χ0v) is 9.75. The fourth-order valence-electron chi connectivity index (χ4n) is 1.85. The molecular weight excluding hydrogens is 232 g/mol. The first kappa shape index (κ1) is 11.9. The van der Waals surface area contributed by atoms with Gasteiger partial charge in [0, 0.05) is 6.07 Å². The minimum atomic E-state index is -0.769. The molecule has 0 fully saturated rings. The van der Waals surface area contributed by atoms with Gasteiger partial charge in [-0.05, 0) is 24.6 Å². The molecule has 0 saturated heterocycles. The molecule has 2 rings (SSSR count). The molecule has 0 aliphatic carbocycles. The van der Waals surface area contributed by atoms with Crippen molar-refractivity contribution in [2.75, 3.05) is 0 Å². The maximum atomic E-state index is 11.9. The highest BCUT2D eigenvalue weighted by atomic mass is 16.3.